The first-order chi connectivity index (χ1) is 8.72. The lowest BCUT2D eigenvalue weighted by atomic mass is 10.00. The van der Waals surface area contributed by atoms with Gasteiger partial charge in [0.25, 0.3) is 0 Å². The fourth-order valence-corrected chi connectivity index (χ4v) is 3.58. The molecule has 1 atom stereocenters. The fourth-order valence-electron chi connectivity index (χ4n) is 2.04. The first kappa shape index (κ1) is 13.8. The van der Waals surface area contributed by atoms with Crippen molar-refractivity contribution in [2.24, 2.45) is 0 Å². The molecule has 0 bridgehead atoms. The van der Waals surface area contributed by atoms with Gasteiger partial charge < -0.3 is 5.32 Å². The molecule has 18 heavy (non-hydrogen) atoms. The number of nitrogens with one attached hydrogen (secondary N) is 1. The molecular weight excluding hydrogens is 306 g/mol. The molecule has 0 amide bonds. The van der Waals surface area contributed by atoms with E-state index < -0.39 is 0 Å². The van der Waals surface area contributed by atoms with Crippen LogP contribution in [0.25, 0.3) is 0 Å². The number of rotatable bonds is 5. The summed E-state index contributed by atoms with van der Waals surface area (Å²) < 4.78 is 1.17. The molecule has 1 nitrogen and oxygen atoms in total. The molecule has 1 aromatic carbocycles. The molecule has 1 N–H and O–H groups in total. The Morgan fingerprint density at radius 2 is 2.11 bits per heavy atom. The maximum atomic E-state index is 3.65. The van der Waals surface area contributed by atoms with Gasteiger partial charge in [-0.3, -0.25) is 0 Å². The number of aryl methyl sites for hydroxylation is 1. The van der Waals surface area contributed by atoms with E-state index in [4.69, 9.17) is 0 Å². The van der Waals surface area contributed by atoms with Crippen molar-refractivity contribution in [1.29, 1.82) is 0 Å². The summed E-state index contributed by atoms with van der Waals surface area (Å²) in [6, 6.07) is 11.1. The van der Waals surface area contributed by atoms with Crippen LogP contribution in [0.4, 0.5) is 0 Å². The Bertz CT molecular complexity index is 507. The van der Waals surface area contributed by atoms with Crippen molar-refractivity contribution in [3.05, 3.63) is 56.2 Å². The number of hydrogen-bond donors (Lipinski definition) is 1. The fraction of sp³-hybridized carbons (Fsp3) is 0.333. The smallest absolute Gasteiger partial charge is 0.0674 e. The third-order valence-electron chi connectivity index (χ3n) is 2.97. The molecule has 0 aliphatic rings. The molecule has 1 heterocycles. The second kappa shape index (κ2) is 6.50. The summed E-state index contributed by atoms with van der Waals surface area (Å²) >= 11 is 5.34. The highest BCUT2D eigenvalue weighted by atomic mass is 79.9. The third-order valence-corrected chi connectivity index (χ3v) is 4.73. The Morgan fingerprint density at radius 3 is 2.72 bits per heavy atom. The van der Waals surface area contributed by atoms with Crippen molar-refractivity contribution in [2.45, 2.75) is 26.3 Å². The maximum Gasteiger partial charge on any atom is 0.0674 e. The predicted octanol–water partition coefficient (Wildman–Crippen LogP) is 4.91. The molecule has 0 radical (unpaired) electrons. The molecule has 1 unspecified atom stereocenters. The van der Waals surface area contributed by atoms with E-state index >= 15 is 0 Å². The van der Waals surface area contributed by atoms with Gasteiger partial charge in [-0.25, -0.2) is 0 Å². The van der Waals surface area contributed by atoms with Crippen LogP contribution in [0.3, 0.4) is 0 Å². The molecule has 96 valence electrons. The van der Waals surface area contributed by atoms with Crippen LogP contribution < -0.4 is 5.32 Å². The number of halogens is 1. The van der Waals surface area contributed by atoms with E-state index in [2.05, 4.69) is 70.8 Å². The van der Waals surface area contributed by atoms with Crippen LogP contribution in [0.5, 0.6) is 0 Å². The Morgan fingerprint density at radius 1 is 1.33 bits per heavy atom. The van der Waals surface area contributed by atoms with Crippen molar-refractivity contribution in [3.8, 4) is 0 Å². The molecule has 0 fully saturated rings. The Balaban J connectivity index is 2.33. The maximum absolute atomic E-state index is 3.65. The Labute approximate surface area is 121 Å². The van der Waals surface area contributed by atoms with E-state index in [9.17, 15) is 0 Å². The van der Waals surface area contributed by atoms with Crippen LogP contribution in [0.1, 0.15) is 35.4 Å². The van der Waals surface area contributed by atoms with Gasteiger partial charge in [-0.15, -0.1) is 11.3 Å². The van der Waals surface area contributed by atoms with Crippen LogP contribution in [0.15, 0.2) is 40.2 Å². The summed E-state index contributed by atoms with van der Waals surface area (Å²) in [5, 5.41) is 5.79. The van der Waals surface area contributed by atoms with Gasteiger partial charge in [-0.1, -0.05) is 31.2 Å². The van der Waals surface area contributed by atoms with Gasteiger partial charge in [0.2, 0.25) is 0 Å². The minimum absolute atomic E-state index is 0.308. The molecule has 0 saturated carbocycles. The molecular formula is C15H18BrNS. The second-order valence-corrected chi connectivity index (χ2v) is 6.27. The van der Waals surface area contributed by atoms with Crippen molar-refractivity contribution in [2.75, 3.05) is 6.54 Å². The van der Waals surface area contributed by atoms with Crippen LogP contribution in [-0.2, 0) is 0 Å². The van der Waals surface area contributed by atoms with Crippen molar-refractivity contribution in [3.63, 3.8) is 0 Å². The minimum Gasteiger partial charge on any atom is -0.306 e. The lowest BCUT2D eigenvalue weighted by Crippen LogP contribution is -2.23. The van der Waals surface area contributed by atoms with E-state index in [1.54, 1.807) is 11.3 Å². The van der Waals surface area contributed by atoms with E-state index in [-0.39, 0.29) is 0 Å². The van der Waals surface area contributed by atoms with Crippen molar-refractivity contribution in [1.82, 2.24) is 5.32 Å². The molecule has 3 heteroatoms. The van der Waals surface area contributed by atoms with Gasteiger partial charge in [-0.05, 0) is 53.0 Å². The number of benzene rings is 1. The van der Waals surface area contributed by atoms with Crippen LogP contribution in [-0.4, -0.2) is 6.54 Å². The highest BCUT2D eigenvalue weighted by Crippen LogP contribution is 2.31. The Hall–Kier alpha value is -0.640. The SMILES string of the molecule is CCCNC(c1cc(Br)cs1)c1ccccc1C. The monoisotopic (exact) mass is 323 g/mol. The second-order valence-electron chi connectivity index (χ2n) is 4.41. The highest BCUT2D eigenvalue weighted by Gasteiger charge is 2.16. The van der Waals surface area contributed by atoms with E-state index in [1.165, 1.54) is 20.5 Å². The summed E-state index contributed by atoms with van der Waals surface area (Å²) in [4.78, 5) is 1.37. The summed E-state index contributed by atoms with van der Waals surface area (Å²) in [6.07, 6.45) is 1.15. The minimum atomic E-state index is 0.308. The zero-order chi connectivity index (χ0) is 13.0. The summed E-state index contributed by atoms with van der Waals surface area (Å²) in [5.41, 5.74) is 2.72. The van der Waals surface area contributed by atoms with E-state index in [0.29, 0.717) is 6.04 Å². The lowest BCUT2D eigenvalue weighted by Gasteiger charge is -2.19. The molecule has 2 aromatic rings. The zero-order valence-corrected chi connectivity index (χ0v) is 13.1. The summed E-state index contributed by atoms with van der Waals surface area (Å²) in [7, 11) is 0. The van der Waals surface area contributed by atoms with Crippen LogP contribution in [0.2, 0.25) is 0 Å². The molecule has 0 aliphatic heterocycles. The third kappa shape index (κ3) is 3.22. The molecule has 1 aromatic heterocycles. The average Bonchev–Trinajstić information content (AvgIpc) is 2.78. The number of hydrogen-bond acceptors (Lipinski definition) is 2. The van der Waals surface area contributed by atoms with Crippen molar-refractivity contribution < 1.29 is 0 Å². The summed E-state index contributed by atoms with van der Waals surface area (Å²) in [5.74, 6) is 0. The van der Waals surface area contributed by atoms with E-state index in [0.717, 1.165) is 13.0 Å². The molecule has 0 spiro atoms. The highest BCUT2D eigenvalue weighted by molar-refractivity contribution is 9.10. The van der Waals surface area contributed by atoms with Crippen LogP contribution >= 0.6 is 27.3 Å². The lowest BCUT2D eigenvalue weighted by molar-refractivity contribution is 0.603. The largest absolute Gasteiger partial charge is 0.306 e. The normalized spacial score (nSPS) is 12.6. The number of thiophene rings is 1. The summed E-state index contributed by atoms with van der Waals surface area (Å²) in [6.45, 7) is 5.42. The standard InChI is InChI=1S/C15H18BrNS/c1-3-8-17-15(14-9-12(16)10-18-14)13-7-5-4-6-11(13)2/h4-7,9-10,15,17H,3,8H2,1-2H3. The molecule has 0 saturated heterocycles. The van der Waals surface area contributed by atoms with Gasteiger partial charge in [0, 0.05) is 14.7 Å². The van der Waals surface area contributed by atoms with Crippen LogP contribution in [0, 0.1) is 6.92 Å². The van der Waals surface area contributed by atoms with Crippen molar-refractivity contribution >= 4 is 27.3 Å². The van der Waals surface area contributed by atoms with Gasteiger partial charge in [-0.2, -0.15) is 0 Å². The first-order valence-corrected chi connectivity index (χ1v) is 7.92. The Kier molecular flexibility index (Phi) is 4.98. The van der Waals surface area contributed by atoms with Gasteiger partial charge in [0.15, 0.2) is 0 Å². The van der Waals surface area contributed by atoms with E-state index in [1.807, 2.05) is 0 Å². The predicted molar refractivity (Wildman–Crippen MR) is 83.3 cm³/mol. The van der Waals surface area contributed by atoms with Gasteiger partial charge in [0.05, 0.1) is 6.04 Å². The van der Waals surface area contributed by atoms with Gasteiger partial charge in [0.1, 0.15) is 0 Å². The molecule has 0 aliphatic carbocycles. The molecule has 2 rings (SSSR count). The quantitative estimate of drug-likeness (QED) is 0.824. The first-order valence-electron chi connectivity index (χ1n) is 6.25. The van der Waals surface area contributed by atoms with Gasteiger partial charge >= 0.3 is 0 Å². The zero-order valence-electron chi connectivity index (χ0n) is 10.7. The average molecular weight is 324 g/mol. The topological polar surface area (TPSA) is 12.0 Å².